The van der Waals surface area contributed by atoms with Crippen LogP contribution in [0, 0.1) is 6.92 Å². The minimum Gasteiger partial charge on any atom is -0.385 e. The molecule has 0 saturated heterocycles. The molecular formula is C9H17O. The van der Waals surface area contributed by atoms with Gasteiger partial charge in [0.2, 0.25) is 0 Å². The SMILES string of the molecule is [CH2]/C=C/CCCCCOC. The van der Waals surface area contributed by atoms with Crippen LogP contribution in [0.2, 0.25) is 0 Å². The van der Waals surface area contributed by atoms with Crippen molar-refractivity contribution in [2.45, 2.75) is 25.7 Å². The summed E-state index contributed by atoms with van der Waals surface area (Å²) < 4.78 is 4.92. The van der Waals surface area contributed by atoms with Crippen LogP contribution in [0.15, 0.2) is 12.2 Å². The van der Waals surface area contributed by atoms with Crippen molar-refractivity contribution in [1.82, 2.24) is 0 Å². The molecule has 1 nitrogen and oxygen atoms in total. The Labute approximate surface area is 64.1 Å². The molecule has 0 aliphatic rings. The van der Waals surface area contributed by atoms with Crippen molar-refractivity contribution in [3.05, 3.63) is 19.1 Å². The summed E-state index contributed by atoms with van der Waals surface area (Å²) in [6, 6.07) is 0. The maximum atomic E-state index is 4.92. The first-order valence-electron chi connectivity index (χ1n) is 3.85. The van der Waals surface area contributed by atoms with Crippen molar-refractivity contribution < 1.29 is 4.74 Å². The summed E-state index contributed by atoms with van der Waals surface area (Å²) in [5, 5.41) is 0. The van der Waals surface area contributed by atoms with Crippen molar-refractivity contribution in [1.29, 1.82) is 0 Å². The Morgan fingerprint density at radius 1 is 1.30 bits per heavy atom. The molecule has 0 atom stereocenters. The van der Waals surface area contributed by atoms with Gasteiger partial charge < -0.3 is 4.74 Å². The molecule has 59 valence electrons. The zero-order valence-electron chi connectivity index (χ0n) is 6.81. The van der Waals surface area contributed by atoms with Gasteiger partial charge in [-0.1, -0.05) is 18.6 Å². The van der Waals surface area contributed by atoms with Gasteiger partial charge in [-0.05, 0) is 26.2 Å². The molecule has 0 unspecified atom stereocenters. The summed E-state index contributed by atoms with van der Waals surface area (Å²) in [5.74, 6) is 0. The minimum atomic E-state index is 0.897. The van der Waals surface area contributed by atoms with E-state index in [2.05, 4.69) is 13.0 Å². The Morgan fingerprint density at radius 2 is 2.10 bits per heavy atom. The Morgan fingerprint density at radius 3 is 2.70 bits per heavy atom. The van der Waals surface area contributed by atoms with Gasteiger partial charge >= 0.3 is 0 Å². The van der Waals surface area contributed by atoms with E-state index in [1.807, 2.05) is 6.08 Å². The van der Waals surface area contributed by atoms with Gasteiger partial charge in [0.1, 0.15) is 0 Å². The summed E-state index contributed by atoms with van der Waals surface area (Å²) in [7, 11) is 1.75. The van der Waals surface area contributed by atoms with Gasteiger partial charge in [0.05, 0.1) is 0 Å². The van der Waals surface area contributed by atoms with Crippen molar-refractivity contribution >= 4 is 0 Å². The summed E-state index contributed by atoms with van der Waals surface area (Å²) in [6.07, 6.45) is 8.82. The first-order chi connectivity index (χ1) is 4.91. The Bertz CT molecular complexity index is 76.8. The van der Waals surface area contributed by atoms with Crippen molar-refractivity contribution in [2.75, 3.05) is 13.7 Å². The van der Waals surface area contributed by atoms with E-state index in [1.54, 1.807) is 7.11 Å². The summed E-state index contributed by atoms with van der Waals surface area (Å²) in [5.41, 5.74) is 0. The lowest BCUT2D eigenvalue weighted by Gasteiger charge is -1.96. The first kappa shape index (κ1) is 9.70. The van der Waals surface area contributed by atoms with E-state index in [-0.39, 0.29) is 0 Å². The Balaban J connectivity index is 2.77. The van der Waals surface area contributed by atoms with Crippen molar-refractivity contribution in [3.8, 4) is 0 Å². The molecule has 0 amide bonds. The molecule has 0 saturated carbocycles. The molecule has 1 radical (unpaired) electrons. The van der Waals surface area contributed by atoms with Gasteiger partial charge in [-0.15, -0.1) is 0 Å². The number of methoxy groups -OCH3 is 1. The molecule has 0 aromatic heterocycles. The van der Waals surface area contributed by atoms with Crippen molar-refractivity contribution in [3.63, 3.8) is 0 Å². The zero-order valence-corrected chi connectivity index (χ0v) is 6.81. The van der Waals surface area contributed by atoms with E-state index in [1.165, 1.54) is 19.3 Å². The average molecular weight is 141 g/mol. The number of allylic oxidation sites excluding steroid dienone is 2. The fourth-order valence-electron chi connectivity index (χ4n) is 0.803. The molecule has 0 spiro atoms. The number of ether oxygens (including phenoxy) is 1. The van der Waals surface area contributed by atoms with Crippen LogP contribution in [0.1, 0.15) is 25.7 Å². The molecule has 0 heterocycles. The first-order valence-corrected chi connectivity index (χ1v) is 3.85. The van der Waals surface area contributed by atoms with E-state index >= 15 is 0 Å². The van der Waals surface area contributed by atoms with Gasteiger partial charge in [-0.25, -0.2) is 0 Å². The summed E-state index contributed by atoms with van der Waals surface area (Å²) >= 11 is 0. The van der Waals surface area contributed by atoms with E-state index in [0.29, 0.717) is 0 Å². The van der Waals surface area contributed by atoms with Gasteiger partial charge in [0, 0.05) is 13.7 Å². The lowest BCUT2D eigenvalue weighted by atomic mass is 10.2. The number of rotatable bonds is 6. The zero-order chi connectivity index (χ0) is 7.66. The standard InChI is InChI=1S/C9H17O/c1-3-4-5-6-7-8-9-10-2/h3-4H,1,5-9H2,2H3/b4-3+. The molecule has 0 N–H and O–H groups in total. The lowest BCUT2D eigenvalue weighted by molar-refractivity contribution is 0.192. The molecule has 10 heavy (non-hydrogen) atoms. The van der Waals surface area contributed by atoms with Gasteiger partial charge in [0.15, 0.2) is 0 Å². The van der Waals surface area contributed by atoms with Crippen LogP contribution in [0.3, 0.4) is 0 Å². The van der Waals surface area contributed by atoms with E-state index in [9.17, 15) is 0 Å². The maximum absolute atomic E-state index is 4.92. The molecule has 0 rings (SSSR count). The molecule has 0 aliphatic carbocycles. The van der Waals surface area contributed by atoms with E-state index in [4.69, 9.17) is 4.74 Å². The third kappa shape index (κ3) is 7.70. The second kappa shape index (κ2) is 8.70. The van der Waals surface area contributed by atoms with Crippen LogP contribution in [0.25, 0.3) is 0 Å². The normalized spacial score (nSPS) is 11.0. The van der Waals surface area contributed by atoms with Crippen LogP contribution in [0.4, 0.5) is 0 Å². The number of hydrogen-bond donors (Lipinski definition) is 0. The highest BCUT2D eigenvalue weighted by molar-refractivity contribution is 4.83. The van der Waals surface area contributed by atoms with Crippen LogP contribution in [0.5, 0.6) is 0 Å². The quantitative estimate of drug-likeness (QED) is 0.516. The van der Waals surface area contributed by atoms with Gasteiger partial charge in [-0.3, -0.25) is 0 Å². The fraction of sp³-hybridized carbons (Fsp3) is 0.667. The van der Waals surface area contributed by atoms with Gasteiger partial charge in [-0.2, -0.15) is 0 Å². The highest BCUT2D eigenvalue weighted by Crippen LogP contribution is 1.99. The van der Waals surface area contributed by atoms with Gasteiger partial charge in [0.25, 0.3) is 0 Å². The second-order valence-corrected chi connectivity index (χ2v) is 2.31. The highest BCUT2D eigenvalue weighted by atomic mass is 16.5. The molecule has 0 aromatic carbocycles. The highest BCUT2D eigenvalue weighted by Gasteiger charge is 1.85. The Hall–Kier alpha value is -0.300. The summed E-state index contributed by atoms with van der Waals surface area (Å²) in [6.45, 7) is 4.51. The second-order valence-electron chi connectivity index (χ2n) is 2.31. The van der Waals surface area contributed by atoms with Crippen molar-refractivity contribution in [2.24, 2.45) is 0 Å². The number of unbranched alkanes of at least 4 members (excludes halogenated alkanes) is 3. The Kier molecular flexibility index (Phi) is 8.44. The lowest BCUT2D eigenvalue weighted by Crippen LogP contribution is -1.87. The monoisotopic (exact) mass is 141 g/mol. The molecular weight excluding hydrogens is 124 g/mol. The molecule has 0 aliphatic heterocycles. The van der Waals surface area contributed by atoms with Crippen LogP contribution in [-0.4, -0.2) is 13.7 Å². The molecule has 1 heteroatoms. The molecule has 0 bridgehead atoms. The largest absolute Gasteiger partial charge is 0.385 e. The van der Waals surface area contributed by atoms with Crippen LogP contribution >= 0.6 is 0 Å². The molecule has 0 aromatic rings. The van der Waals surface area contributed by atoms with Crippen LogP contribution in [-0.2, 0) is 4.74 Å². The smallest absolute Gasteiger partial charge is 0.0462 e. The predicted octanol–water partition coefficient (Wildman–Crippen LogP) is 2.58. The van der Waals surface area contributed by atoms with E-state index in [0.717, 1.165) is 13.0 Å². The van der Waals surface area contributed by atoms with E-state index < -0.39 is 0 Å². The fourth-order valence-corrected chi connectivity index (χ4v) is 0.803. The number of hydrogen-bond acceptors (Lipinski definition) is 1. The third-order valence-electron chi connectivity index (χ3n) is 1.39. The topological polar surface area (TPSA) is 9.23 Å². The predicted molar refractivity (Wildman–Crippen MR) is 44.8 cm³/mol. The minimum absolute atomic E-state index is 0.897. The average Bonchev–Trinajstić information content (AvgIpc) is 1.97. The summed E-state index contributed by atoms with van der Waals surface area (Å²) in [4.78, 5) is 0. The maximum Gasteiger partial charge on any atom is 0.0462 e. The third-order valence-corrected chi connectivity index (χ3v) is 1.39. The van der Waals surface area contributed by atoms with Crippen LogP contribution < -0.4 is 0 Å². The molecule has 0 fully saturated rings.